The summed E-state index contributed by atoms with van der Waals surface area (Å²) in [5.74, 6) is 0.409. The number of sulfonamides is 1. The zero-order valence-corrected chi connectivity index (χ0v) is 19.6. The van der Waals surface area contributed by atoms with Crippen LogP contribution in [0.1, 0.15) is 12.5 Å². The van der Waals surface area contributed by atoms with Crippen LogP contribution in [-0.4, -0.2) is 26.6 Å². The Balaban J connectivity index is 1.98. The van der Waals surface area contributed by atoms with Crippen LogP contribution in [0.4, 0.5) is 11.4 Å². The molecule has 0 aromatic heterocycles. The summed E-state index contributed by atoms with van der Waals surface area (Å²) >= 11 is 7.76. The molecular weight excluding hydrogens is 452 g/mol. The van der Waals surface area contributed by atoms with E-state index in [4.69, 9.17) is 11.6 Å². The van der Waals surface area contributed by atoms with Crippen molar-refractivity contribution in [3.05, 3.63) is 83.4 Å². The van der Waals surface area contributed by atoms with E-state index in [-0.39, 0.29) is 11.4 Å². The number of hydrogen-bond acceptors (Lipinski definition) is 4. The molecule has 0 saturated heterocycles. The third-order valence-electron chi connectivity index (χ3n) is 4.52. The van der Waals surface area contributed by atoms with E-state index in [1.807, 2.05) is 25.1 Å². The fourth-order valence-corrected chi connectivity index (χ4v) is 5.47. The van der Waals surface area contributed by atoms with Crippen molar-refractivity contribution < 1.29 is 13.2 Å². The molecule has 31 heavy (non-hydrogen) atoms. The molecule has 0 radical (unpaired) electrons. The first-order valence-electron chi connectivity index (χ1n) is 9.68. The van der Waals surface area contributed by atoms with Crippen LogP contribution >= 0.6 is 23.4 Å². The van der Waals surface area contributed by atoms with Crippen LogP contribution in [0.5, 0.6) is 0 Å². The van der Waals surface area contributed by atoms with Crippen molar-refractivity contribution >= 4 is 50.7 Å². The minimum Gasteiger partial charge on any atom is -0.323 e. The van der Waals surface area contributed by atoms with Crippen molar-refractivity contribution in [3.8, 4) is 0 Å². The summed E-state index contributed by atoms with van der Waals surface area (Å²) in [7, 11) is -3.99. The molecule has 0 bridgehead atoms. The maximum atomic E-state index is 13.5. The molecule has 3 rings (SSSR count). The highest BCUT2D eigenvalue weighted by Crippen LogP contribution is 2.30. The van der Waals surface area contributed by atoms with E-state index in [2.05, 4.69) is 5.32 Å². The van der Waals surface area contributed by atoms with E-state index in [0.29, 0.717) is 22.0 Å². The maximum absolute atomic E-state index is 13.5. The number of aryl methyl sites for hydroxylation is 1. The minimum absolute atomic E-state index is 0.101. The van der Waals surface area contributed by atoms with E-state index in [9.17, 15) is 13.2 Å². The van der Waals surface area contributed by atoms with Crippen molar-refractivity contribution in [2.45, 2.75) is 23.6 Å². The van der Waals surface area contributed by atoms with Crippen molar-refractivity contribution in [1.29, 1.82) is 0 Å². The van der Waals surface area contributed by atoms with Crippen molar-refractivity contribution in [2.75, 3.05) is 21.9 Å². The summed E-state index contributed by atoms with van der Waals surface area (Å²) in [5, 5.41) is 3.24. The lowest BCUT2D eigenvalue weighted by Crippen LogP contribution is -2.38. The Bertz CT molecular complexity index is 1170. The highest BCUT2D eigenvalue weighted by molar-refractivity contribution is 7.99. The highest BCUT2D eigenvalue weighted by Gasteiger charge is 2.28. The standard InChI is InChI=1S/C23H23ClN2O3S2/c1-3-30-22-12-8-7-11-20(22)25-23(27)16-26(21-15-18(24)14-13-17(21)2)31(28,29)19-9-5-4-6-10-19/h4-15H,3,16H2,1-2H3,(H,25,27). The quantitative estimate of drug-likeness (QED) is 0.432. The topological polar surface area (TPSA) is 66.5 Å². The fraction of sp³-hybridized carbons (Fsp3) is 0.174. The van der Waals surface area contributed by atoms with Gasteiger partial charge in [0.25, 0.3) is 10.0 Å². The Morgan fingerprint density at radius 2 is 1.71 bits per heavy atom. The second-order valence-corrected chi connectivity index (χ2v) is 10.3. The molecule has 5 nitrogen and oxygen atoms in total. The Morgan fingerprint density at radius 1 is 1.03 bits per heavy atom. The first kappa shape index (κ1) is 23.2. The fourth-order valence-electron chi connectivity index (χ4n) is 3.04. The van der Waals surface area contributed by atoms with E-state index in [1.165, 1.54) is 12.1 Å². The van der Waals surface area contributed by atoms with E-state index in [1.54, 1.807) is 61.2 Å². The van der Waals surface area contributed by atoms with Gasteiger partial charge >= 0.3 is 0 Å². The van der Waals surface area contributed by atoms with Crippen LogP contribution in [0.15, 0.2) is 82.6 Å². The molecule has 0 unspecified atom stereocenters. The largest absolute Gasteiger partial charge is 0.323 e. The van der Waals surface area contributed by atoms with Gasteiger partial charge in [-0.1, -0.05) is 54.9 Å². The third-order valence-corrected chi connectivity index (χ3v) is 7.48. The van der Waals surface area contributed by atoms with Crippen LogP contribution in [-0.2, 0) is 14.8 Å². The van der Waals surface area contributed by atoms with Gasteiger partial charge in [-0.3, -0.25) is 9.10 Å². The van der Waals surface area contributed by atoms with Gasteiger partial charge < -0.3 is 5.32 Å². The van der Waals surface area contributed by atoms with Crippen LogP contribution in [0.3, 0.4) is 0 Å². The number of nitrogens with one attached hydrogen (secondary N) is 1. The summed E-state index contributed by atoms with van der Waals surface area (Å²) in [6.07, 6.45) is 0. The average molecular weight is 475 g/mol. The van der Waals surface area contributed by atoms with Gasteiger partial charge in [-0.25, -0.2) is 8.42 Å². The number of para-hydroxylation sites is 1. The van der Waals surface area contributed by atoms with Crippen LogP contribution in [0.2, 0.25) is 5.02 Å². The smallest absolute Gasteiger partial charge is 0.264 e. The molecule has 0 fully saturated rings. The zero-order chi connectivity index (χ0) is 22.4. The molecule has 162 valence electrons. The predicted molar refractivity (Wildman–Crippen MR) is 129 cm³/mol. The number of hydrogen-bond donors (Lipinski definition) is 1. The lowest BCUT2D eigenvalue weighted by molar-refractivity contribution is -0.114. The lowest BCUT2D eigenvalue weighted by Gasteiger charge is -2.26. The number of benzene rings is 3. The monoisotopic (exact) mass is 474 g/mol. The van der Waals surface area contributed by atoms with E-state index < -0.39 is 15.9 Å². The Labute approximate surface area is 192 Å². The van der Waals surface area contributed by atoms with Gasteiger partial charge in [0.2, 0.25) is 5.91 Å². The molecule has 3 aromatic rings. The number of carbonyl (C=O) groups is 1. The third kappa shape index (κ3) is 5.61. The second-order valence-electron chi connectivity index (χ2n) is 6.73. The average Bonchev–Trinajstić information content (AvgIpc) is 2.76. The van der Waals surface area contributed by atoms with Gasteiger partial charge in [-0.05, 0) is 54.6 Å². The van der Waals surface area contributed by atoms with Gasteiger partial charge in [-0.2, -0.15) is 0 Å². The number of amides is 1. The van der Waals surface area contributed by atoms with Crippen molar-refractivity contribution in [3.63, 3.8) is 0 Å². The summed E-state index contributed by atoms with van der Waals surface area (Å²) in [6, 6.07) is 20.5. The van der Waals surface area contributed by atoms with E-state index >= 15 is 0 Å². The van der Waals surface area contributed by atoms with Gasteiger partial charge in [-0.15, -0.1) is 11.8 Å². The Morgan fingerprint density at radius 3 is 2.42 bits per heavy atom. The molecular formula is C23H23ClN2O3S2. The van der Waals surface area contributed by atoms with Crippen molar-refractivity contribution in [1.82, 2.24) is 0 Å². The van der Waals surface area contributed by atoms with E-state index in [0.717, 1.165) is 15.0 Å². The Hall–Kier alpha value is -2.48. The molecule has 0 saturated carbocycles. The Kier molecular flexibility index (Phi) is 7.64. The first-order valence-corrected chi connectivity index (χ1v) is 12.5. The lowest BCUT2D eigenvalue weighted by atomic mass is 10.2. The second kappa shape index (κ2) is 10.2. The molecule has 3 aromatic carbocycles. The van der Waals surface area contributed by atoms with Crippen LogP contribution in [0, 0.1) is 6.92 Å². The molecule has 0 aliphatic rings. The summed E-state index contributed by atoms with van der Waals surface area (Å²) < 4.78 is 28.0. The molecule has 1 N–H and O–H groups in total. The number of rotatable bonds is 8. The number of thioether (sulfide) groups is 1. The summed E-state index contributed by atoms with van der Waals surface area (Å²) in [6.45, 7) is 3.42. The van der Waals surface area contributed by atoms with Crippen molar-refractivity contribution in [2.24, 2.45) is 0 Å². The summed E-state index contributed by atoms with van der Waals surface area (Å²) in [4.78, 5) is 14.0. The number of carbonyl (C=O) groups excluding carboxylic acids is 1. The number of nitrogens with zero attached hydrogens (tertiary/aromatic N) is 1. The highest BCUT2D eigenvalue weighted by atomic mass is 35.5. The predicted octanol–water partition coefficient (Wildman–Crippen LogP) is 5.59. The first-order chi connectivity index (χ1) is 14.8. The molecule has 0 atom stereocenters. The number of halogens is 1. The molecule has 0 heterocycles. The molecule has 0 aliphatic heterocycles. The molecule has 0 spiro atoms. The molecule has 8 heteroatoms. The molecule has 1 amide bonds. The minimum atomic E-state index is -3.99. The van der Waals surface area contributed by atoms with Gasteiger partial charge in [0.05, 0.1) is 16.3 Å². The zero-order valence-electron chi connectivity index (χ0n) is 17.2. The maximum Gasteiger partial charge on any atom is 0.264 e. The SMILES string of the molecule is CCSc1ccccc1NC(=O)CN(c1cc(Cl)ccc1C)S(=O)(=O)c1ccccc1. The molecule has 0 aliphatic carbocycles. The number of anilines is 2. The van der Waals surface area contributed by atoms with Gasteiger partial charge in [0, 0.05) is 9.92 Å². The van der Waals surface area contributed by atoms with Crippen LogP contribution in [0.25, 0.3) is 0 Å². The van der Waals surface area contributed by atoms with Gasteiger partial charge in [0.1, 0.15) is 6.54 Å². The van der Waals surface area contributed by atoms with Crippen LogP contribution < -0.4 is 9.62 Å². The normalized spacial score (nSPS) is 11.2. The summed E-state index contributed by atoms with van der Waals surface area (Å²) in [5.41, 5.74) is 1.71. The van der Waals surface area contributed by atoms with Gasteiger partial charge in [0.15, 0.2) is 0 Å².